The molecule has 2 N–H and O–H groups in total. The van der Waals surface area contributed by atoms with E-state index in [4.69, 9.17) is 0 Å². The summed E-state index contributed by atoms with van der Waals surface area (Å²) in [5.74, 6) is 0.149. The Kier molecular flexibility index (Phi) is 3.58. The number of hydrogen-bond acceptors (Lipinski definition) is 4. The van der Waals surface area contributed by atoms with Gasteiger partial charge in [0.2, 0.25) is 5.91 Å². The number of aromatic nitrogens is 1. The highest BCUT2D eigenvalue weighted by molar-refractivity contribution is 5.95. The van der Waals surface area contributed by atoms with Crippen LogP contribution >= 0.6 is 0 Å². The fraction of sp³-hybridized carbons (Fsp3) is 0.500. The number of nitrogens with zero attached hydrogens (tertiary/aromatic N) is 2. The summed E-state index contributed by atoms with van der Waals surface area (Å²) < 4.78 is 0. The molecule has 0 bridgehead atoms. The maximum absolute atomic E-state index is 12.0. The fourth-order valence-electron chi connectivity index (χ4n) is 1.99. The Bertz CT molecular complexity index is 399. The number of nitrogens with one attached hydrogen (secondary N) is 2. The van der Waals surface area contributed by atoms with Gasteiger partial charge < -0.3 is 15.5 Å². The van der Waals surface area contributed by atoms with Gasteiger partial charge >= 0.3 is 0 Å². The minimum Gasteiger partial charge on any atom is -0.376 e. The van der Waals surface area contributed by atoms with E-state index in [0.717, 1.165) is 30.9 Å². The van der Waals surface area contributed by atoms with E-state index in [0.29, 0.717) is 0 Å². The van der Waals surface area contributed by atoms with Crippen molar-refractivity contribution in [2.24, 2.45) is 5.92 Å². The molecule has 0 aromatic carbocycles. The molecule has 5 nitrogen and oxygen atoms in total. The van der Waals surface area contributed by atoms with E-state index >= 15 is 0 Å². The Morgan fingerprint density at radius 2 is 2.41 bits per heavy atom. The van der Waals surface area contributed by atoms with Gasteiger partial charge in [-0.3, -0.25) is 9.78 Å². The quantitative estimate of drug-likeness (QED) is 0.808. The highest BCUT2D eigenvalue weighted by Crippen LogP contribution is 2.23. The smallest absolute Gasteiger partial charge is 0.228 e. The Morgan fingerprint density at radius 1 is 1.59 bits per heavy atom. The highest BCUT2D eigenvalue weighted by Gasteiger charge is 2.23. The van der Waals surface area contributed by atoms with Gasteiger partial charge in [0.25, 0.3) is 0 Å². The fourth-order valence-corrected chi connectivity index (χ4v) is 1.99. The molecule has 1 atom stereocenters. The Hall–Kier alpha value is -1.62. The van der Waals surface area contributed by atoms with E-state index in [2.05, 4.69) is 15.6 Å². The first-order chi connectivity index (χ1) is 8.18. The summed E-state index contributed by atoms with van der Waals surface area (Å²) >= 11 is 0. The van der Waals surface area contributed by atoms with Crippen LogP contribution in [-0.4, -0.2) is 38.1 Å². The van der Waals surface area contributed by atoms with E-state index in [1.54, 1.807) is 12.4 Å². The Morgan fingerprint density at radius 3 is 3.06 bits per heavy atom. The number of anilines is 2. The topological polar surface area (TPSA) is 57.3 Å². The van der Waals surface area contributed by atoms with Crippen LogP contribution in [0.3, 0.4) is 0 Å². The van der Waals surface area contributed by atoms with Crippen LogP contribution in [0.2, 0.25) is 0 Å². The third kappa shape index (κ3) is 2.74. The number of pyridine rings is 1. The predicted molar refractivity (Wildman–Crippen MR) is 68.2 cm³/mol. The van der Waals surface area contributed by atoms with Gasteiger partial charge in [-0.15, -0.1) is 0 Å². The van der Waals surface area contributed by atoms with E-state index < -0.39 is 0 Å². The van der Waals surface area contributed by atoms with Crippen molar-refractivity contribution in [2.45, 2.75) is 6.42 Å². The van der Waals surface area contributed by atoms with Gasteiger partial charge in [0, 0.05) is 26.8 Å². The van der Waals surface area contributed by atoms with Crippen LogP contribution in [-0.2, 0) is 4.79 Å². The molecule has 1 aromatic rings. The molecule has 1 aliphatic heterocycles. The third-order valence-electron chi connectivity index (χ3n) is 2.97. The van der Waals surface area contributed by atoms with Crippen molar-refractivity contribution in [3.63, 3.8) is 0 Å². The molecular formula is C12H18N4O. The average Bonchev–Trinajstić information content (AvgIpc) is 2.83. The lowest BCUT2D eigenvalue weighted by Gasteiger charge is -2.18. The molecule has 1 amide bonds. The van der Waals surface area contributed by atoms with Gasteiger partial charge in [0.05, 0.1) is 23.5 Å². The summed E-state index contributed by atoms with van der Waals surface area (Å²) in [7, 11) is 3.89. The second-order valence-electron chi connectivity index (χ2n) is 4.47. The zero-order valence-electron chi connectivity index (χ0n) is 10.2. The van der Waals surface area contributed by atoms with Gasteiger partial charge in [0.1, 0.15) is 0 Å². The molecule has 1 aromatic heterocycles. The van der Waals surface area contributed by atoms with Crippen molar-refractivity contribution in [3.05, 3.63) is 18.5 Å². The van der Waals surface area contributed by atoms with E-state index in [9.17, 15) is 4.79 Å². The molecule has 0 radical (unpaired) electrons. The van der Waals surface area contributed by atoms with Crippen molar-refractivity contribution in [1.29, 1.82) is 0 Å². The minimum absolute atomic E-state index is 0.0743. The van der Waals surface area contributed by atoms with Crippen LogP contribution in [0.25, 0.3) is 0 Å². The van der Waals surface area contributed by atoms with E-state index in [-0.39, 0.29) is 11.8 Å². The lowest BCUT2D eigenvalue weighted by atomic mass is 10.1. The van der Waals surface area contributed by atoms with Crippen molar-refractivity contribution < 1.29 is 4.79 Å². The second-order valence-corrected chi connectivity index (χ2v) is 4.47. The summed E-state index contributed by atoms with van der Waals surface area (Å²) in [6.45, 7) is 1.69. The summed E-state index contributed by atoms with van der Waals surface area (Å²) in [6, 6.07) is 1.89. The van der Waals surface area contributed by atoms with E-state index in [1.807, 2.05) is 25.1 Å². The van der Waals surface area contributed by atoms with Gasteiger partial charge in [-0.2, -0.15) is 0 Å². The van der Waals surface area contributed by atoms with Crippen molar-refractivity contribution in [2.75, 3.05) is 37.4 Å². The van der Waals surface area contributed by atoms with E-state index in [1.165, 1.54) is 0 Å². The minimum atomic E-state index is 0.0743. The van der Waals surface area contributed by atoms with Crippen LogP contribution in [0, 0.1) is 5.92 Å². The maximum Gasteiger partial charge on any atom is 0.228 e. The number of hydrogen-bond donors (Lipinski definition) is 2. The zero-order valence-corrected chi connectivity index (χ0v) is 10.2. The molecule has 0 aliphatic carbocycles. The van der Waals surface area contributed by atoms with Crippen LogP contribution in [0.1, 0.15) is 6.42 Å². The molecule has 17 heavy (non-hydrogen) atoms. The third-order valence-corrected chi connectivity index (χ3v) is 2.97. The van der Waals surface area contributed by atoms with Crippen molar-refractivity contribution >= 4 is 17.3 Å². The first-order valence-electron chi connectivity index (χ1n) is 5.81. The summed E-state index contributed by atoms with van der Waals surface area (Å²) in [5.41, 5.74) is 1.74. The van der Waals surface area contributed by atoms with Crippen LogP contribution in [0.15, 0.2) is 18.5 Å². The maximum atomic E-state index is 12.0. The SMILES string of the molecule is CN(C)c1ccncc1NC(=O)C1CCNC1. The number of carbonyl (C=O) groups is 1. The van der Waals surface area contributed by atoms with Crippen LogP contribution in [0.5, 0.6) is 0 Å². The predicted octanol–water partition coefficient (Wildman–Crippen LogP) is 0.696. The molecule has 0 saturated carbocycles. The monoisotopic (exact) mass is 234 g/mol. The van der Waals surface area contributed by atoms with Gasteiger partial charge in [-0.05, 0) is 19.0 Å². The normalized spacial score (nSPS) is 19.1. The summed E-state index contributed by atoms with van der Waals surface area (Å²) in [5, 5.41) is 6.14. The first-order valence-corrected chi connectivity index (χ1v) is 5.81. The molecule has 1 unspecified atom stereocenters. The standard InChI is InChI=1S/C12H18N4O/c1-16(2)11-4-6-14-8-10(11)15-12(17)9-3-5-13-7-9/h4,6,8-9,13H,3,5,7H2,1-2H3,(H,15,17). The van der Waals surface area contributed by atoms with Gasteiger partial charge in [-0.25, -0.2) is 0 Å². The largest absolute Gasteiger partial charge is 0.376 e. The zero-order chi connectivity index (χ0) is 12.3. The molecular weight excluding hydrogens is 216 g/mol. The number of amides is 1. The summed E-state index contributed by atoms with van der Waals surface area (Å²) in [6.07, 6.45) is 4.32. The molecule has 2 heterocycles. The molecule has 2 rings (SSSR count). The van der Waals surface area contributed by atoms with Crippen LogP contribution < -0.4 is 15.5 Å². The Labute approximate surface area is 101 Å². The number of rotatable bonds is 3. The average molecular weight is 234 g/mol. The Balaban J connectivity index is 2.09. The first kappa shape index (κ1) is 11.9. The lowest BCUT2D eigenvalue weighted by molar-refractivity contribution is -0.119. The highest BCUT2D eigenvalue weighted by atomic mass is 16.1. The van der Waals surface area contributed by atoms with Crippen molar-refractivity contribution in [3.8, 4) is 0 Å². The van der Waals surface area contributed by atoms with Gasteiger partial charge in [-0.1, -0.05) is 0 Å². The molecule has 1 aliphatic rings. The van der Waals surface area contributed by atoms with Crippen LogP contribution in [0.4, 0.5) is 11.4 Å². The molecule has 5 heteroatoms. The molecule has 1 fully saturated rings. The summed E-state index contributed by atoms with van der Waals surface area (Å²) in [4.78, 5) is 18.0. The second kappa shape index (κ2) is 5.14. The number of carbonyl (C=O) groups excluding carboxylic acids is 1. The molecule has 1 saturated heterocycles. The van der Waals surface area contributed by atoms with Crippen molar-refractivity contribution in [1.82, 2.24) is 10.3 Å². The lowest BCUT2D eigenvalue weighted by Crippen LogP contribution is -2.25. The molecule has 0 spiro atoms. The van der Waals surface area contributed by atoms with Gasteiger partial charge in [0.15, 0.2) is 0 Å². The molecule has 92 valence electrons.